The van der Waals surface area contributed by atoms with Gasteiger partial charge in [-0.1, -0.05) is 25.0 Å². The molecular formula is C17H23NO3S. The summed E-state index contributed by atoms with van der Waals surface area (Å²) in [6, 6.07) is 5.08. The van der Waals surface area contributed by atoms with Crippen LogP contribution in [-0.4, -0.2) is 25.6 Å². The number of aryl methyl sites for hydroxylation is 2. The molecule has 1 aliphatic carbocycles. The Morgan fingerprint density at radius 3 is 2.45 bits per heavy atom. The van der Waals surface area contributed by atoms with Crippen molar-refractivity contribution in [2.24, 2.45) is 0 Å². The molecule has 0 saturated heterocycles. The van der Waals surface area contributed by atoms with Gasteiger partial charge in [-0.2, -0.15) is 0 Å². The monoisotopic (exact) mass is 321 g/mol. The molecule has 1 N–H and O–H groups in total. The zero-order valence-electron chi connectivity index (χ0n) is 13.2. The number of rotatable bonds is 5. The minimum absolute atomic E-state index is 0.242. The van der Waals surface area contributed by atoms with Gasteiger partial charge in [-0.3, -0.25) is 4.79 Å². The van der Waals surface area contributed by atoms with Crippen molar-refractivity contribution in [1.29, 1.82) is 0 Å². The van der Waals surface area contributed by atoms with Gasteiger partial charge in [0.05, 0.1) is 4.90 Å². The molecule has 1 aromatic carbocycles. The maximum Gasteiger partial charge on any atom is 0.242 e. The smallest absolute Gasteiger partial charge is 0.242 e. The standard InChI is InChI=1S/C17H23NO3S/c1-4-11-18-16(19)17(9-5-6-10-17)22(20,21)15-8-7-13(2)14(3)12-15/h4,7-8,12H,1,5-6,9-11H2,2-3H3,(H,18,19). The lowest BCUT2D eigenvalue weighted by atomic mass is 10.1. The van der Waals surface area contributed by atoms with E-state index < -0.39 is 20.5 Å². The summed E-state index contributed by atoms with van der Waals surface area (Å²) in [5.41, 5.74) is 1.95. The van der Waals surface area contributed by atoms with Gasteiger partial charge in [-0.05, 0) is 49.9 Å². The summed E-state index contributed by atoms with van der Waals surface area (Å²) >= 11 is 0. The predicted molar refractivity (Wildman–Crippen MR) is 87.5 cm³/mol. The summed E-state index contributed by atoms with van der Waals surface area (Å²) in [6.07, 6.45) is 3.83. The van der Waals surface area contributed by atoms with E-state index in [4.69, 9.17) is 0 Å². The Morgan fingerprint density at radius 1 is 1.27 bits per heavy atom. The van der Waals surface area contributed by atoms with Crippen LogP contribution in [0.1, 0.15) is 36.8 Å². The molecule has 0 unspecified atom stereocenters. The normalized spacial score (nSPS) is 17.2. The summed E-state index contributed by atoms with van der Waals surface area (Å²) in [5.74, 6) is -0.400. The molecule has 5 heteroatoms. The second-order valence-electron chi connectivity index (χ2n) is 5.95. The molecular weight excluding hydrogens is 298 g/mol. The third-order valence-electron chi connectivity index (χ3n) is 4.54. The Labute approximate surface area is 132 Å². The van der Waals surface area contributed by atoms with E-state index in [1.165, 1.54) is 0 Å². The van der Waals surface area contributed by atoms with Gasteiger partial charge in [0.2, 0.25) is 5.91 Å². The number of nitrogens with one attached hydrogen (secondary N) is 1. The van der Waals surface area contributed by atoms with Crippen LogP contribution in [0.2, 0.25) is 0 Å². The Morgan fingerprint density at radius 2 is 1.91 bits per heavy atom. The van der Waals surface area contributed by atoms with Crippen molar-refractivity contribution in [3.8, 4) is 0 Å². The number of sulfone groups is 1. The summed E-state index contributed by atoms with van der Waals surface area (Å²) in [6.45, 7) is 7.66. The first kappa shape index (κ1) is 16.7. The fourth-order valence-electron chi connectivity index (χ4n) is 3.00. The van der Waals surface area contributed by atoms with E-state index in [2.05, 4.69) is 11.9 Å². The highest BCUT2D eigenvalue weighted by atomic mass is 32.2. The lowest BCUT2D eigenvalue weighted by molar-refractivity contribution is -0.123. The van der Waals surface area contributed by atoms with Crippen molar-refractivity contribution in [3.63, 3.8) is 0 Å². The van der Waals surface area contributed by atoms with Crippen LogP contribution in [0, 0.1) is 13.8 Å². The second-order valence-corrected chi connectivity index (χ2v) is 8.21. The molecule has 0 aromatic heterocycles. The molecule has 2 rings (SSSR count). The van der Waals surface area contributed by atoms with Crippen molar-refractivity contribution < 1.29 is 13.2 Å². The molecule has 1 aliphatic rings. The molecule has 0 atom stereocenters. The first-order chi connectivity index (χ1) is 10.3. The van der Waals surface area contributed by atoms with E-state index in [1.54, 1.807) is 24.3 Å². The average molecular weight is 321 g/mol. The summed E-state index contributed by atoms with van der Waals surface area (Å²) in [7, 11) is -3.72. The number of hydrogen-bond donors (Lipinski definition) is 1. The fourth-order valence-corrected chi connectivity index (χ4v) is 5.17. The van der Waals surface area contributed by atoms with Gasteiger partial charge >= 0.3 is 0 Å². The molecule has 0 heterocycles. The quantitative estimate of drug-likeness (QED) is 0.848. The van der Waals surface area contributed by atoms with Crippen LogP contribution < -0.4 is 5.32 Å². The first-order valence-electron chi connectivity index (χ1n) is 7.56. The Kier molecular flexibility index (Phi) is 4.75. The van der Waals surface area contributed by atoms with E-state index in [1.807, 2.05) is 13.8 Å². The van der Waals surface area contributed by atoms with Crippen LogP contribution >= 0.6 is 0 Å². The molecule has 0 radical (unpaired) electrons. The van der Waals surface area contributed by atoms with E-state index in [0.717, 1.165) is 24.0 Å². The second kappa shape index (κ2) is 6.24. The van der Waals surface area contributed by atoms with Gasteiger partial charge in [0.1, 0.15) is 0 Å². The first-order valence-corrected chi connectivity index (χ1v) is 9.04. The minimum atomic E-state index is -3.72. The number of amides is 1. The largest absolute Gasteiger partial charge is 0.351 e. The Balaban J connectivity index is 2.48. The average Bonchev–Trinajstić information content (AvgIpc) is 2.98. The van der Waals surface area contributed by atoms with E-state index in [-0.39, 0.29) is 11.4 Å². The summed E-state index contributed by atoms with van der Waals surface area (Å²) in [5, 5.41) is 2.68. The topological polar surface area (TPSA) is 63.2 Å². The Bertz CT molecular complexity index is 686. The molecule has 1 fully saturated rings. The highest BCUT2D eigenvalue weighted by molar-refractivity contribution is 7.93. The number of carbonyl (C=O) groups is 1. The van der Waals surface area contributed by atoms with Gasteiger partial charge in [-0.25, -0.2) is 8.42 Å². The van der Waals surface area contributed by atoms with Gasteiger partial charge in [0, 0.05) is 6.54 Å². The molecule has 0 bridgehead atoms. The van der Waals surface area contributed by atoms with E-state index >= 15 is 0 Å². The molecule has 1 saturated carbocycles. The molecule has 4 nitrogen and oxygen atoms in total. The number of hydrogen-bond acceptors (Lipinski definition) is 3. The van der Waals surface area contributed by atoms with Crippen molar-refractivity contribution in [1.82, 2.24) is 5.32 Å². The molecule has 0 aliphatic heterocycles. The number of carbonyl (C=O) groups excluding carboxylic acids is 1. The van der Waals surface area contributed by atoms with Gasteiger partial charge < -0.3 is 5.32 Å². The van der Waals surface area contributed by atoms with Crippen LogP contribution in [-0.2, 0) is 14.6 Å². The Hall–Kier alpha value is -1.62. The zero-order valence-corrected chi connectivity index (χ0v) is 14.0. The highest BCUT2D eigenvalue weighted by Crippen LogP contribution is 2.41. The van der Waals surface area contributed by atoms with Crippen molar-refractivity contribution in [2.75, 3.05) is 6.54 Å². The van der Waals surface area contributed by atoms with Crippen LogP contribution in [0.3, 0.4) is 0 Å². The summed E-state index contributed by atoms with van der Waals surface area (Å²) < 4.78 is 24.9. The molecule has 120 valence electrons. The zero-order chi connectivity index (χ0) is 16.4. The minimum Gasteiger partial charge on any atom is -0.351 e. The van der Waals surface area contributed by atoms with E-state index in [9.17, 15) is 13.2 Å². The van der Waals surface area contributed by atoms with Gasteiger partial charge in [0.15, 0.2) is 14.6 Å². The fraction of sp³-hybridized carbons (Fsp3) is 0.471. The van der Waals surface area contributed by atoms with E-state index in [0.29, 0.717) is 12.8 Å². The van der Waals surface area contributed by atoms with Crippen molar-refractivity contribution in [3.05, 3.63) is 42.0 Å². The third-order valence-corrected chi connectivity index (χ3v) is 7.03. The van der Waals surface area contributed by atoms with Crippen molar-refractivity contribution >= 4 is 15.7 Å². The van der Waals surface area contributed by atoms with Gasteiger partial charge in [-0.15, -0.1) is 6.58 Å². The number of benzene rings is 1. The molecule has 1 aromatic rings. The lowest BCUT2D eigenvalue weighted by Gasteiger charge is -2.27. The van der Waals surface area contributed by atoms with Crippen LogP contribution in [0.25, 0.3) is 0 Å². The third kappa shape index (κ3) is 2.70. The SMILES string of the molecule is C=CCNC(=O)C1(S(=O)(=O)c2ccc(C)c(C)c2)CCCC1. The van der Waals surface area contributed by atoms with Crippen LogP contribution in [0.5, 0.6) is 0 Å². The van der Waals surface area contributed by atoms with Crippen LogP contribution in [0.4, 0.5) is 0 Å². The highest BCUT2D eigenvalue weighted by Gasteiger charge is 2.52. The maximum absolute atomic E-state index is 13.1. The molecule has 22 heavy (non-hydrogen) atoms. The maximum atomic E-state index is 13.1. The molecule has 1 amide bonds. The van der Waals surface area contributed by atoms with Crippen molar-refractivity contribution in [2.45, 2.75) is 49.2 Å². The molecule has 0 spiro atoms. The lowest BCUT2D eigenvalue weighted by Crippen LogP contribution is -2.50. The summed E-state index contributed by atoms with van der Waals surface area (Å²) in [4.78, 5) is 12.8. The predicted octanol–water partition coefficient (Wildman–Crippen LogP) is 2.69. The van der Waals surface area contributed by atoms with Crippen LogP contribution in [0.15, 0.2) is 35.7 Å². The van der Waals surface area contributed by atoms with Gasteiger partial charge in [0.25, 0.3) is 0 Å².